The predicted molar refractivity (Wildman–Crippen MR) is 136 cm³/mol. The Balaban J connectivity index is 1.39. The summed E-state index contributed by atoms with van der Waals surface area (Å²) in [6.07, 6.45) is 2.87. The Bertz CT molecular complexity index is 1430. The number of carboxylic acid groups (broad SMARTS) is 1. The van der Waals surface area contributed by atoms with Crippen molar-refractivity contribution >= 4 is 52.2 Å². The van der Waals surface area contributed by atoms with Crippen LogP contribution in [-0.2, 0) is 14.4 Å². The van der Waals surface area contributed by atoms with E-state index in [9.17, 15) is 24.3 Å². The van der Waals surface area contributed by atoms with Gasteiger partial charge in [-0.3, -0.25) is 14.4 Å². The van der Waals surface area contributed by atoms with E-state index in [2.05, 4.69) is 20.6 Å². The summed E-state index contributed by atoms with van der Waals surface area (Å²) in [4.78, 5) is 60.9. The first kappa shape index (κ1) is 24.5. The average Bonchev–Trinajstić information content (AvgIpc) is 3.14. The van der Waals surface area contributed by atoms with Crippen molar-refractivity contribution in [1.29, 1.82) is 0 Å². The van der Waals surface area contributed by atoms with Crippen molar-refractivity contribution in [3.8, 4) is 0 Å². The first-order valence-electron chi connectivity index (χ1n) is 11.5. The number of hydrogen-bond acceptors (Lipinski definition) is 8. The molecule has 2 fully saturated rings. The van der Waals surface area contributed by atoms with Gasteiger partial charge in [-0.1, -0.05) is 30.3 Å². The third-order valence-corrected chi connectivity index (χ3v) is 8.14. The lowest BCUT2D eigenvalue weighted by atomic mass is 9.95. The van der Waals surface area contributed by atoms with Gasteiger partial charge in [-0.05, 0) is 31.5 Å². The molecule has 11 nitrogen and oxygen atoms in total. The van der Waals surface area contributed by atoms with Crippen molar-refractivity contribution in [3.63, 3.8) is 0 Å². The molecule has 37 heavy (non-hydrogen) atoms. The Kier molecular flexibility index (Phi) is 5.98. The summed E-state index contributed by atoms with van der Waals surface area (Å²) in [7, 11) is 0. The summed E-state index contributed by atoms with van der Waals surface area (Å²) in [5.41, 5.74) is 7.36. The fraction of sp³-hybridized carbons (Fsp3) is 0.280. The minimum absolute atomic E-state index is 0.0810. The number of nitrogens with one attached hydrogen (secondary N) is 2. The molecular weight excluding hydrogens is 496 g/mol. The van der Waals surface area contributed by atoms with Crippen LogP contribution in [0.3, 0.4) is 0 Å². The Morgan fingerprint density at radius 1 is 1.14 bits per heavy atom. The number of β-lactam (4-membered cyclic amide) rings is 1. The van der Waals surface area contributed by atoms with Crippen molar-refractivity contribution in [3.05, 3.63) is 66.0 Å². The Labute approximate surface area is 215 Å². The van der Waals surface area contributed by atoms with E-state index in [-0.39, 0.29) is 11.3 Å². The number of thioether (sulfide) groups is 1. The summed E-state index contributed by atoms with van der Waals surface area (Å²) in [6, 6.07) is 8.90. The second-order valence-electron chi connectivity index (χ2n) is 9.36. The maximum Gasteiger partial charge on any atom is 0.327 e. The lowest BCUT2D eigenvalue weighted by Crippen LogP contribution is -2.71. The van der Waals surface area contributed by atoms with E-state index in [1.807, 2.05) is 0 Å². The van der Waals surface area contributed by atoms with E-state index in [0.29, 0.717) is 16.6 Å². The number of nitrogen functional groups attached to an aromatic ring is 1. The number of nitrogens with zero attached hydrogens (tertiary/aromatic N) is 3. The smallest absolute Gasteiger partial charge is 0.327 e. The van der Waals surface area contributed by atoms with Crippen LogP contribution in [-0.4, -0.2) is 65.9 Å². The number of fused-ring (bicyclic) bond motifs is 2. The molecule has 2 aliphatic rings. The summed E-state index contributed by atoms with van der Waals surface area (Å²) in [6.45, 7) is 3.51. The maximum atomic E-state index is 13.4. The number of anilines is 1. The zero-order valence-electron chi connectivity index (χ0n) is 19.9. The van der Waals surface area contributed by atoms with Gasteiger partial charge in [0.1, 0.15) is 23.5 Å². The molecule has 0 bridgehead atoms. The highest BCUT2D eigenvalue weighted by molar-refractivity contribution is 8.01. The van der Waals surface area contributed by atoms with Crippen molar-refractivity contribution in [2.75, 3.05) is 5.73 Å². The highest BCUT2D eigenvalue weighted by atomic mass is 32.2. The van der Waals surface area contributed by atoms with Gasteiger partial charge in [0.15, 0.2) is 5.65 Å². The SMILES string of the molecule is CC1(C)S[C@@H]2[C@H](NC(=O)C(NC(=O)c3cnc4ncccc4c3N)c3ccccc3)C(=O)N2[C@H]1C(=O)O. The predicted octanol–water partition coefficient (Wildman–Crippen LogP) is 1.31. The van der Waals surface area contributed by atoms with Crippen molar-refractivity contribution in [2.45, 2.75) is 42.1 Å². The minimum Gasteiger partial charge on any atom is -0.480 e. The lowest BCUT2D eigenvalue weighted by molar-refractivity contribution is -0.161. The average molecular weight is 521 g/mol. The van der Waals surface area contributed by atoms with E-state index in [1.54, 1.807) is 62.5 Å². The van der Waals surface area contributed by atoms with Gasteiger partial charge >= 0.3 is 5.97 Å². The van der Waals surface area contributed by atoms with E-state index >= 15 is 0 Å². The highest BCUT2D eigenvalue weighted by Crippen LogP contribution is 2.50. The molecule has 4 heterocycles. The van der Waals surface area contributed by atoms with Crippen LogP contribution in [0.1, 0.15) is 35.8 Å². The summed E-state index contributed by atoms with van der Waals surface area (Å²) in [5, 5.41) is 15.0. The molecule has 0 radical (unpaired) electrons. The molecule has 0 saturated carbocycles. The largest absolute Gasteiger partial charge is 0.480 e. The zero-order chi connectivity index (χ0) is 26.5. The number of nitrogens with two attached hydrogens (primary N) is 1. The lowest BCUT2D eigenvalue weighted by Gasteiger charge is -2.44. The molecule has 3 amide bonds. The Hall–Kier alpha value is -4.19. The number of amides is 3. The number of benzene rings is 1. The third-order valence-electron chi connectivity index (χ3n) is 6.57. The second-order valence-corrected chi connectivity index (χ2v) is 11.1. The molecule has 3 aromatic rings. The topological polar surface area (TPSA) is 168 Å². The van der Waals surface area contributed by atoms with Crippen LogP contribution in [0.4, 0.5) is 5.69 Å². The fourth-order valence-electron chi connectivity index (χ4n) is 4.77. The monoisotopic (exact) mass is 520 g/mol. The van der Waals surface area contributed by atoms with Crippen LogP contribution < -0.4 is 16.4 Å². The molecule has 5 rings (SSSR count). The van der Waals surface area contributed by atoms with Crippen molar-refractivity contribution in [2.24, 2.45) is 0 Å². The molecule has 190 valence electrons. The van der Waals surface area contributed by atoms with Crippen LogP contribution in [0, 0.1) is 0 Å². The van der Waals surface area contributed by atoms with Crippen LogP contribution in [0.5, 0.6) is 0 Å². The van der Waals surface area contributed by atoms with E-state index < -0.39 is 51.9 Å². The second kappa shape index (κ2) is 9.04. The van der Waals surface area contributed by atoms with Gasteiger partial charge in [-0.15, -0.1) is 11.8 Å². The van der Waals surface area contributed by atoms with Gasteiger partial charge in [-0.25, -0.2) is 14.8 Å². The number of rotatable bonds is 6. The van der Waals surface area contributed by atoms with Gasteiger partial charge in [0, 0.05) is 22.5 Å². The van der Waals surface area contributed by atoms with Gasteiger partial charge in [0.2, 0.25) is 11.8 Å². The van der Waals surface area contributed by atoms with Gasteiger partial charge < -0.3 is 26.4 Å². The first-order valence-corrected chi connectivity index (χ1v) is 12.4. The number of aromatic nitrogens is 2. The van der Waals surface area contributed by atoms with E-state index in [4.69, 9.17) is 5.73 Å². The molecule has 5 N–H and O–H groups in total. The van der Waals surface area contributed by atoms with Crippen LogP contribution in [0.2, 0.25) is 0 Å². The fourth-order valence-corrected chi connectivity index (χ4v) is 6.39. The number of aliphatic carboxylic acids is 1. The number of carbonyl (C=O) groups is 4. The first-order chi connectivity index (χ1) is 17.6. The molecule has 0 spiro atoms. The molecular formula is C25H24N6O5S. The molecule has 2 aliphatic heterocycles. The number of hydrogen-bond donors (Lipinski definition) is 4. The molecule has 0 aliphatic carbocycles. The van der Waals surface area contributed by atoms with Crippen LogP contribution in [0.25, 0.3) is 11.0 Å². The van der Waals surface area contributed by atoms with E-state index in [0.717, 1.165) is 0 Å². The summed E-state index contributed by atoms with van der Waals surface area (Å²) in [5.74, 6) is -2.80. The van der Waals surface area contributed by atoms with Crippen molar-refractivity contribution in [1.82, 2.24) is 25.5 Å². The zero-order valence-corrected chi connectivity index (χ0v) is 20.7. The van der Waals surface area contributed by atoms with Crippen LogP contribution >= 0.6 is 11.8 Å². The molecule has 1 aromatic carbocycles. The number of pyridine rings is 2. The van der Waals surface area contributed by atoms with Crippen LogP contribution in [0.15, 0.2) is 54.9 Å². The third kappa shape index (κ3) is 4.12. The van der Waals surface area contributed by atoms with Gasteiger partial charge in [0.25, 0.3) is 5.91 Å². The summed E-state index contributed by atoms with van der Waals surface area (Å²) >= 11 is 1.32. The van der Waals surface area contributed by atoms with Gasteiger partial charge in [-0.2, -0.15) is 0 Å². The quantitative estimate of drug-likeness (QED) is 0.350. The number of carbonyl (C=O) groups excluding carboxylic acids is 3. The normalized spacial score (nSPS) is 22.6. The molecule has 12 heteroatoms. The molecule has 2 aromatic heterocycles. The molecule has 4 atom stereocenters. The highest BCUT2D eigenvalue weighted by Gasteiger charge is 2.64. The molecule has 2 saturated heterocycles. The molecule has 1 unspecified atom stereocenters. The van der Waals surface area contributed by atoms with Crippen molar-refractivity contribution < 1.29 is 24.3 Å². The minimum atomic E-state index is -1.14. The van der Waals surface area contributed by atoms with Gasteiger partial charge in [0.05, 0.1) is 11.3 Å². The number of carboxylic acids is 1. The summed E-state index contributed by atoms with van der Waals surface area (Å²) < 4.78 is -0.728. The standard InChI is InChI=1S/C25H24N6O5S/c1-25(2)18(24(35)36)31-22(34)17(23(31)37-25)30-21(33)16(12-7-4-3-5-8-12)29-20(32)14-11-28-19-13(15(14)26)9-6-10-27-19/h3-11,16-18,23H,1-2H3,(H,29,32)(H,30,33)(H,35,36)(H2,26,27,28)/t16?,17-,18+,23-/m1/s1. The Morgan fingerprint density at radius 3 is 2.57 bits per heavy atom. The van der Waals surface area contributed by atoms with E-state index in [1.165, 1.54) is 22.9 Å². The maximum absolute atomic E-state index is 13.4. The Morgan fingerprint density at radius 2 is 1.86 bits per heavy atom.